The molecule has 1 aliphatic heterocycles. The zero-order valence-electron chi connectivity index (χ0n) is 11.1. The molecule has 0 bridgehead atoms. The molecule has 0 saturated heterocycles. The van der Waals surface area contributed by atoms with Gasteiger partial charge in [0.25, 0.3) is 5.91 Å². The van der Waals surface area contributed by atoms with E-state index in [9.17, 15) is 4.79 Å². The van der Waals surface area contributed by atoms with Gasteiger partial charge in [0.1, 0.15) is 5.69 Å². The van der Waals surface area contributed by atoms with Crippen molar-refractivity contribution in [2.75, 3.05) is 17.4 Å². The number of nitrogens with one attached hydrogen (secondary N) is 2. The summed E-state index contributed by atoms with van der Waals surface area (Å²) in [5.41, 5.74) is 1.08. The maximum Gasteiger partial charge on any atom is 0.275 e. The van der Waals surface area contributed by atoms with Crippen molar-refractivity contribution in [3.8, 4) is 11.5 Å². The van der Waals surface area contributed by atoms with Crippen molar-refractivity contribution in [1.29, 1.82) is 0 Å². The molecule has 0 unspecified atom stereocenters. The average Bonchev–Trinajstić information content (AvgIpc) is 2.99. The number of benzene rings is 1. The number of aromatic nitrogens is 1. The molecule has 2 aromatic rings. The van der Waals surface area contributed by atoms with Crippen molar-refractivity contribution >= 4 is 28.1 Å². The minimum absolute atomic E-state index is 0.217. The van der Waals surface area contributed by atoms with Crippen LogP contribution in [0.5, 0.6) is 11.5 Å². The summed E-state index contributed by atoms with van der Waals surface area (Å²) >= 11 is 1.45. The van der Waals surface area contributed by atoms with E-state index in [4.69, 9.17) is 9.47 Å². The third kappa shape index (κ3) is 2.64. The quantitative estimate of drug-likeness (QED) is 0.908. The number of hydrogen-bond donors (Lipinski definition) is 2. The van der Waals surface area contributed by atoms with E-state index in [1.165, 1.54) is 24.2 Å². The van der Waals surface area contributed by atoms with Gasteiger partial charge in [0, 0.05) is 23.2 Å². The predicted molar refractivity (Wildman–Crippen MR) is 79.3 cm³/mol. The Morgan fingerprint density at radius 1 is 1.29 bits per heavy atom. The number of thiazole rings is 1. The van der Waals surface area contributed by atoms with Gasteiger partial charge in [-0.1, -0.05) is 0 Å². The number of hydrogen-bond acceptors (Lipinski definition) is 6. The zero-order valence-corrected chi connectivity index (χ0v) is 11.9. The van der Waals surface area contributed by atoms with Gasteiger partial charge in [0.05, 0.1) is 0 Å². The number of anilines is 2. The summed E-state index contributed by atoms with van der Waals surface area (Å²) in [7, 11) is 0. The van der Waals surface area contributed by atoms with Gasteiger partial charge in [0.15, 0.2) is 16.6 Å². The molecule has 1 aromatic carbocycles. The molecule has 6 nitrogen and oxygen atoms in total. The van der Waals surface area contributed by atoms with E-state index in [1.807, 2.05) is 0 Å². The van der Waals surface area contributed by atoms with Gasteiger partial charge < -0.3 is 20.1 Å². The summed E-state index contributed by atoms with van der Waals surface area (Å²) in [4.78, 5) is 16.5. The van der Waals surface area contributed by atoms with Crippen LogP contribution in [0.4, 0.5) is 10.8 Å². The highest BCUT2D eigenvalue weighted by Crippen LogP contribution is 2.34. The minimum atomic E-state index is -0.228. The average molecular weight is 303 g/mol. The van der Waals surface area contributed by atoms with Crippen LogP contribution >= 0.6 is 11.3 Å². The highest BCUT2D eigenvalue weighted by molar-refractivity contribution is 7.13. The standard InChI is InChI=1S/C14H13N3O3S/c18-13(10-6-21-14(17-10)16-8-1-2-8)15-9-3-4-11-12(5-9)20-7-19-11/h3-6,8H,1-2,7H2,(H,15,18)(H,16,17). The molecule has 1 aliphatic carbocycles. The number of nitrogens with zero attached hydrogens (tertiary/aromatic N) is 1. The largest absolute Gasteiger partial charge is 0.454 e. The summed E-state index contributed by atoms with van der Waals surface area (Å²) in [6.07, 6.45) is 2.36. The zero-order chi connectivity index (χ0) is 14.2. The van der Waals surface area contributed by atoms with E-state index in [1.54, 1.807) is 23.6 Å². The number of rotatable bonds is 4. The van der Waals surface area contributed by atoms with Crippen LogP contribution in [0.2, 0.25) is 0 Å². The minimum Gasteiger partial charge on any atom is -0.454 e. The first-order chi connectivity index (χ1) is 10.3. The molecule has 1 amide bonds. The molecule has 2 heterocycles. The van der Waals surface area contributed by atoms with Gasteiger partial charge in [-0.25, -0.2) is 4.98 Å². The Labute approximate surface area is 125 Å². The maximum absolute atomic E-state index is 12.2. The molecule has 21 heavy (non-hydrogen) atoms. The normalized spacial score (nSPS) is 15.8. The fourth-order valence-electron chi connectivity index (χ4n) is 2.02. The second-order valence-electron chi connectivity index (χ2n) is 4.98. The Bertz CT molecular complexity index is 697. The number of fused-ring (bicyclic) bond motifs is 1. The van der Waals surface area contributed by atoms with Crippen molar-refractivity contribution in [2.24, 2.45) is 0 Å². The molecular formula is C14H13N3O3S. The van der Waals surface area contributed by atoms with Gasteiger partial charge in [0.2, 0.25) is 6.79 Å². The van der Waals surface area contributed by atoms with Crippen molar-refractivity contribution in [2.45, 2.75) is 18.9 Å². The lowest BCUT2D eigenvalue weighted by Crippen LogP contribution is -2.12. The van der Waals surface area contributed by atoms with Crippen LogP contribution in [0.3, 0.4) is 0 Å². The lowest BCUT2D eigenvalue weighted by Gasteiger charge is -2.04. The Morgan fingerprint density at radius 3 is 3.00 bits per heavy atom. The van der Waals surface area contributed by atoms with Crippen LogP contribution in [0.25, 0.3) is 0 Å². The third-order valence-corrected chi connectivity index (χ3v) is 4.05. The number of amides is 1. The fraction of sp³-hybridized carbons (Fsp3) is 0.286. The van der Waals surface area contributed by atoms with Crippen LogP contribution < -0.4 is 20.1 Å². The SMILES string of the molecule is O=C(Nc1ccc2c(c1)OCO2)c1csc(NC2CC2)n1. The van der Waals surface area contributed by atoms with Crippen LogP contribution in [-0.4, -0.2) is 23.7 Å². The van der Waals surface area contributed by atoms with Crippen LogP contribution in [0.15, 0.2) is 23.6 Å². The third-order valence-electron chi connectivity index (χ3n) is 3.27. The number of carbonyl (C=O) groups is 1. The Hall–Kier alpha value is -2.28. The van der Waals surface area contributed by atoms with Crippen LogP contribution in [0.1, 0.15) is 23.3 Å². The lowest BCUT2D eigenvalue weighted by atomic mass is 10.2. The monoisotopic (exact) mass is 303 g/mol. The molecule has 0 radical (unpaired) electrons. The molecule has 2 N–H and O–H groups in total. The van der Waals surface area contributed by atoms with Crippen LogP contribution in [-0.2, 0) is 0 Å². The maximum atomic E-state index is 12.2. The molecule has 7 heteroatoms. The van der Waals surface area contributed by atoms with E-state index < -0.39 is 0 Å². The number of ether oxygens (including phenoxy) is 2. The van der Waals surface area contributed by atoms with Gasteiger partial charge in [-0.05, 0) is 25.0 Å². The smallest absolute Gasteiger partial charge is 0.275 e. The van der Waals surface area contributed by atoms with Gasteiger partial charge in [-0.15, -0.1) is 11.3 Å². The van der Waals surface area contributed by atoms with E-state index in [-0.39, 0.29) is 12.7 Å². The van der Waals surface area contributed by atoms with E-state index in [2.05, 4.69) is 15.6 Å². The van der Waals surface area contributed by atoms with Crippen molar-refractivity contribution < 1.29 is 14.3 Å². The summed E-state index contributed by atoms with van der Waals surface area (Å²) in [5.74, 6) is 1.11. The molecule has 2 aliphatic rings. The summed E-state index contributed by atoms with van der Waals surface area (Å²) < 4.78 is 10.5. The first-order valence-electron chi connectivity index (χ1n) is 6.71. The Morgan fingerprint density at radius 2 is 2.14 bits per heavy atom. The predicted octanol–water partition coefficient (Wildman–Crippen LogP) is 2.70. The topological polar surface area (TPSA) is 72.5 Å². The Balaban J connectivity index is 1.46. The van der Waals surface area contributed by atoms with Crippen LogP contribution in [0, 0.1) is 0 Å². The fourth-order valence-corrected chi connectivity index (χ4v) is 2.78. The molecule has 108 valence electrons. The molecule has 4 rings (SSSR count). The molecule has 1 saturated carbocycles. The van der Waals surface area contributed by atoms with E-state index >= 15 is 0 Å². The first-order valence-corrected chi connectivity index (χ1v) is 7.59. The van der Waals surface area contributed by atoms with Crippen molar-refractivity contribution in [1.82, 2.24) is 4.98 Å². The second kappa shape index (κ2) is 4.92. The van der Waals surface area contributed by atoms with Crippen molar-refractivity contribution in [3.05, 3.63) is 29.3 Å². The molecular weight excluding hydrogens is 290 g/mol. The van der Waals surface area contributed by atoms with E-state index in [0.29, 0.717) is 28.9 Å². The summed E-state index contributed by atoms with van der Waals surface area (Å²) in [5, 5.41) is 8.65. The lowest BCUT2D eigenvalue weighted by molar-refractivity contribution is 0.102. The van der Waals surface area contributed by atoms with Gasteiger partial charge in [-0.2, -0.15) is 0 Å². The number of carbonyl (C=O) groups excluding carboxylic acids is 1. The molecule has 1 aromatic heterocycles. The summed E-state index contributed by atoms with van der Waals surface area (Å²) in [6, 6.07) is 5.83. The Kier molecular flexibility index (Phi) is 2.92. The highest BCUT2D eigenvalue weighted by atomic mass is 32.1. The molecule has 0 spiro atoms. The molecule has 0 atom stereocenters. The second-order valence-corrected chi connectivity index (χ2v) is 5.84. The van der Waals surface area contributed by atoms with E-state index in [0.717, 1.165) is 5.13 Å². The van der Waals surface area contributed by atoms with Gasteiger partial charge in [-0.3, -0.25) is 4.79 Å². The highest BCUT2D eigenvalue weighted by Gasteiger charge is 2.22. The van der Waals surface area contributed by atoms with Crippen molar-refractivity contribution in [3.63, 3.8) is 0 Å². The first kappa shape index (κ1) is 12.5. The summed E-state index contributed by atoms with van der Waals surface area (Å²) in [6.45, 7) is 0.217. The van der Waals surface area contributed by atoms with Gasteiger partial charge >= 0.3 is 0 Å². The molecule has 1 fully saturated rings.